The van der Waals surface area contributed by atoms with Crippen LogP contribution < -0.4 is 5.32 Å². The summed E-state index contributed by atoms with van der Waals surface area (Å²) in [5, 5.41) is 1.87. The van der Waals surface area contributed by atoms with Crippen molar-refractivity contribution in [1.29, 1.82) is 0 Å². The van der Waals surface area contributed by atoms with Gasteiger partial charge in [0.05, 0.1) is 4.90 Å². The quantitative estimate of drug-likeness (QED) is 0.765. The molecule has 2 aromatic rings. The van der Waals surface area contributed by atoms with Gasteiger partial charge < -0.3 is 5.32 Å². The Hall–Kier alpha value is -2.21. The van der Waals surface area contributed by atoms with Crippen LogP contribution in [0.2, 0.25) is 0 Å². The second-order valence-corrected chi connectivity index (χ2v) is 8.73. The van der Waals surface area contributed by atoms with Gasteiger partial charge in [-0.05, 0) is 41.7 Å². The zero-order valence-electron chi connectivity index (χ0n) is 15.5. The Kier molecular flexibility index (Phi) is 6.91. The third-order valence-corrected chi connectivity index (χ3v) is 6.38. The first kappa shape index (κ1) is 20.1. The third-order valence-electron chi connectivity index (χ3n) is 4.27. The Morgan fingerprint density at radius 2 is 1.81 bits per heavy atom. The number of rotatable bonds is 8. The Morgan fingerprint density at radius 3 is 2.35 bits per heavy atom. The highest BCUT2D eigenvalue weighted by molar-refractivity contribution is 7.91. The highest BCUT2D eigenvalue weighted by atomic mass is 32.2. The Labute approximate surface area is 155 Å². The topological polar surface area (TPSA) is 76.1 Å². The van der Waals surface area contributed by atoms with E-state index in [1.54, 1.807) is 30.5 Å². The summed E-state index contributed by atoms with van der Waals surface area (Å²) in [6.45, 7) is 6.06. The minimum atomic E-state index is -3.66. The largest absolute Gasteiger partial charge is 0.354 e. The number of sulfone groups is 1. The smallest absolute Gasteiger partial charge is 0.220 e. The molecule has 1 aromatic heterocycles. The Balaban J connectivity index is 2.34. The highest BCUT2D eigenvalue weighted by Crippen LogP contribution is 2.29. The Bertz CT molecular complexity index is 816. The molecule has 0 radical (unpaired) electrons. The summed E-state index contributed by atoms with van der Waals surface area (Å²) in [6.07, 6.45) is 4.23. The first-order valence-electron chi connectivity index (χ1n) is 8.86. The van der Waals surface area contributed by atoms with E-state index in [4.69, 9.17) is 0 Å². The van der Waals surface area contributed by atoms with Crippen molar-refractivity contribution >= 4 is 15.7 Å². The standard InChI is InChI=1S/C20H26N2O3S/c1-4-6-20(23)22-14-19(17-7-5-12-21-13-17)26(24,25)18-10-8-16(9-11-18)15(2)3/h5,7-13,15,19H,4,6,14H2,1-3H3,(H,22,23). The minimum absolute atomic E-state index is 0.0266. The van der Waals surface area contributed by atoms with Gasteiger partial charge in [0, 0.05) is 25.4 Å². The van der Waals surface area contributed by atoms with Crippen molar-refractivity contribution in [2.75, 3.05) is 6.54 Å². The fourth-order valence-electron chi connectivity index (χ4n) is 2.70. The molecular weight excluding hydrogens is 348 g/mol. The van der Waals surface area contributed by atoms with Gasteiger partial charge in [-0.25, -0.2) is 8.42 Å². The van der Waals surface area contributed by atoms with E-state index in [-0.39, 0.29) is 17.3 Å². The summed E-state index contributed by atoms with van der Waals surface area (Å²) in [7, 11) is -3.66. The molecule has 0 aliphatic rings. The van der Waals surface area contributed by atoms with Gasteiger partial charge in [-0.1, -0.05) is 39.0 Å². The van der Waals surface area contributed by atoms with Crippen LogP contribution in [0.5, 0.6) is 0 Å². The number of pyridine rings is 1. The van der Waals surface area contributed by atoms with Crippen molar-refractivity contribution in [2.45, 2.75) is 49.7 Å². The van der Waals surface area contributed by atoms with E-state index in [1.165, 1.54) is 6.20 Å². The third kappa shape index (κ3) is 4.91. The fraction of sp³-hybridized carbons (Fsp3) is 0.400. The summed E-state index contributed by atoms with van der Waals surface area (Å²) < 4.78 is 26.4. The van der Waals surface area contributed by atoms with Crippen molar-refractivity contribution in [3.05, 3.63) is 59.9 Å². The summed E-state index contributed by atoms with van der Waals surface area (Å²) in [5.74, 6) is 0.181. The monoisotopic (exact) mass is 374 g/mol. The summed E-state index contributed by atoms with van der Waals surface area (Å²) in [6, 6.07) is 10.4. The summed E-state index contributed by atoms with van der Waals surface area (Å²) in [4.78, 5) is 16.1. The number of nitrogens with one attached hydrogen (secondary N) is 1. The summed E-state index contributed by atoms with van der Waals surface area (Å²) in [5.41, 5.74) is 1.65. The number of hydrogen-bond donors (Lipinski definition) is 1. The zero-order valence-corrected chi connectivity index (χ0v) is 16.3. The lowest BCUT2D eigenvalue weighted by atomic mass is 10.0. The zero-order chi connectivity index (χ0) is 19.2. The maximum Gasteiger partial charge on any atom is 0.220 e. The molecule has 1 unspecified atom stereocenters. The molecule has 0 aliphatic heterocycles. The fourth-order valence-corrected chi connectivity index (χ4v) is 4.35. The lowest BCUT2D eigenvalue weighted by Gasteiger charge is -2.19. The van der Waals surface area contributed by atoms with Gasteiger partial charge >= 0.3 is 0 Å². The summed E-state index contributed by atoms with van der Waals surface area (Å²) >= 11 is 0. The molecule has 0 spiro atoms. The number of hydrogen-bond acceptors (Lipinski definition) is 4. The van der Waals surface area contributed by atoms with Crippen LogP contribution >= 0.6 is 0 Å². The van der Waals surface area contributed by atoms with Gasteiger partial charge in [-0.2, -0.15) is 0 Å². The van der Waals surface area contributed by atoms with E-state index >= 15 is 0 Å². The van der Waals surface area contributed by atoms with Crippen LogP contribution in [0.4, 0.5) is 0 Å². The molecule has 2 rings (SSSR count). The molecule has 6 heteroatoms. The van der Waals surface area contributed by atoms with Crippen molar-refractivity contribution in [3.8, 4) is 0 Å². The number of aromatic nitrogens is 1. The van der Waals surface area contributed by atoms with Crippen LogP contribution in [-0.2, 0) is 14.6 Å². The minimum Gasteiger partial charge on any atom is -0.354 e. The van der Waals surface area contributed by atoms with E-state index in [0.717, 1.165) is 5.56 Å². The molecule has 26 heavy (non-hydrogen) atoms. The molecule has 1 amide bonds. The van der Waals surface area contributed by atoms with E-state index in [2.05, 4.69) is 24.1 Å². The lowest BCUT2D eigenvalue weighted by molar-refractivity contribution is -0.121. The van der Waals surface area contributed by atoms with Crippen LogP contribution in [0, 0.1) is 0 Å². The molecule has 140 valence electrons. The Morgan fingerprint density at radius 1 is 1.12 bits per heavy atom. The van der Waals surface area contributed by atoms with E-state index < -0.39 is 15.1 Å². The molecule has 5 nitrogen and oxygen atoms in total. The van der Waals surface area contributed by atoms with Gasteiger partial charge in [-0.3, -0.25) is 9.78 Å². The predicted octanol–water partition coefficient (Wildman–Crippen LogP) is 3.64. The first-order chi connectivity index (χ1) is 12.4. The molecule has 1 atom stereocenters. The number of carbonyl (C=O) groups excluding carboxylic acids is 1. The maximum atomic E-state index is 13.2. The number of carbonyl (C=O) groups is 1. The van der Waals surface area contributed by atoms with Crippen molar-refractivity contribution < 1.29 is 13.2 Å². The van der Waals surface area contributed by atoms with Crippen molar-refractivity contribution in [2.24, 2.45) is 0 Å². The van der Waals surface area contributed by atoms with Gasteiger partial charge in [-0.15, -0.1) is 0 Å². The van der Waals surface area contributed by atoms with Crippen molar-refractivity contribution in [1.82, 2.24) is 10.3 Å². The van der Waals surface area contributed by atoms with Crippen LogP contribution in [0.3, 0.4) is 0 Å². The van der Waals surface area contributed by atoms with E-state index in [9.17, 15) is 13.2 Å². The molecular formula is C20H26N2O3S. The SMILES string of the molecule is CCCC(=O)NCC(c1cccnc1)S(=O)(=O)c1ccc(C(C)C)cc1. The molecule has 0 aliphatic carbocycles. The molecule has 1 aromatic carbocycles. The average molecular weight is 375 g/mol. The van der Waals surface area contributed by atoms with Gasteiger partial charge in [0.15, 0.2) is 9.84 Å². The number of benzene rings is 1. The average Bonchev–Trinajstić information content (AvgIpc) is 2.63. The predicted molar refractivity (Wildman–Crippen MR) is 103 cm³/mol. The van der Waals surface area contributed by atoms with Crippen LogP contribution in [-0.4, -0.2) is 25.9 Å². The first-order valence-corrected chi connectivity index (χ1v) is 10.4. The molecule has 0 fully saturated rings. The molecule has 0 saturated carbocycles. The van der Waals surface area contributed by atoms with Crippen LogP contribution in [0.25, 0.3) is 0 Å². The molecule has 1 N–H and O–H groups in total. The van der Waals surface area contributed by atoms with Gasteiger partial charge in [0.25, 0.3) is 0 Å². The molecule has 1 heterocycles. The van der Waals surface area contributed by atoms with Crippen LogP contribution in [0.15, 0.2) is 53.7 Å². The maximum absolute atomic E-state index is 13.2. The second-order valence-electron chi connectivity index (χ2n) is 6.60. The molecule has 0 bridgehead atoms. The normalized spacial score (nSPS) is 12.8. The number of nitrogens with zero attached hydrogens (tertiary/aromatic N) is 1. The van der Waals surface area contributed by atoms with E-state index in [0.29, 0.717) is 24.3 Å². The van der Waals surface area contributed by atoms with Crippen LogP contribution in [0.1, 0.15) is 55.9 Å². The number of amides is 1. The van der Waals surface area contributed by atoms with Gasteiger partial charge in [0.2, 0.25) is 5.91 Å². The van der Waals surface area contributed by atoms with E-state index in [1.807, 2.05) is 19.1 Å². The highest BCUT2D eigenvalue weighted by Gasteiger charge is 2.29. The molecule has 0 saturated heterocycles. The van der Waals surface area contributed by atoms with Crippen molar-refractivity contribution in [3.63, 3.8) is 0 Å². The second kappa shape index (κ2) is 8.94. The lowest BCUT2D eigenvalue weighted by Crippen LogP contribution is -2.31. The van der Waals surface area contributed by atoms with Gasteiger partial charge in [0.1, 0.15) is 5.25 Å².